The van der Waals surface area contributed by atoms with Crippen molar-refractivity contribution >= 4 is 22.0 Å². The van der Waals surface area contributed by atoms with E-state index < -0.39 is 34.1 Å². The number of sulfonamides is 1. The summed E-state index contributed by atoms with van der Waals surface area (Å²) in [5.41, 5.74) is 0.0372. The normalized spacial score (nSPS) is 22.7. The van der Waals surface area contributed by atoms with Crippen LogP contribution in [-0.2, 0) is 26.6 Å². The first-order valence-corrected chi connectivity index (χ1v) is 7.80. The molecule has 2 heterocycles. The van der Waals surface area contributed by atoms with Gasteiger partial charge in [-0.2, -0.15) is 4.31 Å². The average molecular weight is 332 g/mol. The molecule has 1 aromatic heterocycles. The van der Waals surface area contributed by atoms with Gasteiger partial charge in [0.2, 0.25) is 0 Å². The first kappa shape index (κ1) is 16.5. The lowest BCUT2D eigenvalue weighted by Crippen LogP contribution is -2.41. The Kier molecular flexibility index (Phi) is 4.27. The van der Waals surface area contributed by atoms with E-state index in [1.165, 1.54) is 24.9 Å². The number of ether oxygens (including phenoxy) is 1. The molecule has 0 saturated carbocycles. The molecule has 22 heavy (non-hydrogen) atoms. The quantitative estimate of drug-likeness (QED) is 0.679. The van der Waals surface area contributed by atoms with Gasteiger partial charge in [0.05, 0.1) is 18.8 Å². The maximum Gasteiger partial charge on any atom is 0.339 e. The van der Waals surface area contributed by atoms with Crippen LogP contribution >= 0.6 is 0 Å². The number of aromatic nitrogens is 1. The van der Waals surface area contributed by atoms with Crippen molar-refractivity contribution in [2.24, 2.45) is 7.05 Å². The van der Waals surface area contributed by atoms with Gasteiger partial charge in [-0.3, -0.25) is 4.79 Å². The number of methoxy groups -OCH3 is 1. The summed E-state index contributed by atoms with van der Waals surface area (Å²) in [4.78, 5) is 22.7. The first-order valence-electron chi connectivity index (χ1n) is 6.36. The van der Waals surface area contributed by atoms with Gasteiger partial charge in [0.25, 0.3) is 10.0 Å². The van der Waals surface area contributed by atoms with Gasteiger partial charge >= 0.3 is 11.9 Å². The Bertz CT molecular complexity index is 709. The van der Waals surface area contributed by atoms with Crippen molar-refractivity contribution in [2.75, 3.05) is 13.7 Å². The number of aliphatic hydroxyl groups excluding tert-OH is 1. The molecule has 122 valence electrons. The summed E-state index contributed by atoms with van der Waals surface area (Å²) in [6.45, 7) is -0.308. The molecule has 2 rings (SSSR count). The molecular weight excluding hydrogens is 316 g/mol. The van der Waals surface area contributed by atoms with Crippen molar-refractivity contribution < 1.29 is 33.0 Å². The molecule has 1 aliphatic rings. The molecule has 1 aromatic rings. The van der Waals surface area contributed by atoms with Gasteiger partial charge in [-0.25, -0.2) is 13.2 Å². The molecule has 1 saturated heterocycles. The standard InChI is InChI=1S/C12H16N2O7S/c1-13-5-7(12(18)21-2)3-10(13)22(19,20)14-6-8(15)4-9(14)11(16)17/h3,5,8-9,15H,4,6H2,1-2H3,(H,16,17)/t8-,9-/m0/s1. The molecule has 0 aromatic carbocycles. The lowest BCUT2D eigenvalue weighted by molar-refractivity contribution is -0.140. The van der Waals surface area contributed by atoms with Crippen molar-refractivity contribution in [1.29, 1.82) is 0 Å². The third-order valence-corrected chi connectivity index (χ3v) is 5.43. The van der Waals surface area contributed by atoms with Gasteiger partial charge in [-0.05, 0) is 6.07 Å². The van der Waals surface area contributed by atoms with Crippen LogP contribution in [0.2, 0.25) is 0 Å². The Labute approximate surface area is 126 Å². The van der Waals surface area contributed by atoms with Crippen LogP contribution < -0.4 is 0 Å². The Morgan fingerprint density at radius 3 is 2.59 bits per heavy atom. The highest BCUT2D eigenvalue weighted by molar-refractivity contribution is 7.89. The average Bonchev–Trinajstić information content (AvgIpc) is 3.02. The second kappa shape index (κ2) is 5.71. The van der Waals surface area contributed by atoms with Crippen LogP contribution in [0.15, 0.2) is 17.3 Å². The van der Waals surface area contributed by atoms with E-state index in [9.17, 15) is 23.1 Å². The van der Waals surface area contributed by atoms with Crippen LogP contribution in [0.4, 0.5) is 0 Å². The van der Waals surface area contributed by atoms with Gasteiger partial charge in [0.1, 0.15) is 6.04 Å². The van der Waals surface area contributed by atoms with Gasteiger partial charge in [0, 0.05) is 26.2 Å². The first-order chi connectivity index (χ1) is 10.2. The van der Waals surface area contributed by atoms with Crippen molar-refractivity contribution in [2.45, 2.75) is 23.6 Å². The fourth-order valence-corrected chi connectivity index (χ4v) is 4.24. The number of carboxylic acid groups (broad SMARTS) is 1. The fourth-order valence-electron chi connectivity index (χ4n) is 2.42. The molecule has 2 N–H and O–H groups in total. The third-order valence-electron chi connectivity index (χ3n) is 3.47. The number of carboxylic acids is 1. The third kappa shape index (κ3) is 2.72. The molecular formula is C12H16N2O7S. The van der Waals surface area contributed by atoms with Crippen molar-refractivity contribution in [3.63, 3.8) is 0 Å². The molecule has 0 bridgehead atoms. The van der Waals surface area contributed by atoms with Crippen molar-refractivity contribution in [1.82, 2.24) is 8.87 Å². The largest absolute Gasteiger partial charge is 0.480 e. The summed E-state index contributed by atoms with van der Waals surface area (Å²) < 4.78 is 31.7. The number of carbonyl (C=O) groups excluding carboxylic acids is 1. The lowest BCUT2D eigenvalue weighted by Gasteiger charge is -2.20. The number of nitrogens with zero attached hydrogens (tertiary/aromatic N) is 2. The molecule has 1 fully saturated rings. The number of rotatable bonds is 4. The molecule has 0 aliphatic carbocycles. The maximum atomic E-state index is 12.6. The molecule has 9 nitrogen and oxygen atoms in total. The Hall–Kier alpha value is -1.91. The van der Waals surface area contributed by atoms with Crippen molar-refractivity contribution in [3.8, 4) is 0 Å². The Balaban J connectivity index is 2.44. The van der Waals surface area contributed by atoms with E-state index in [4.69, 9.17) is 5.11 Å². The second-order valence-electron chi connectivity index (χ2n) is 4.99. The van der Waals surface area contributed by atoms with Crippen LogP contribution in [0.3, 0.4) is 0 Å². The summed E-state index contributed by atoms with van der Waals surface area (Å²) in [6, 6.07) is -0.221. The summed E-state index contributed by atoms with van der Waals surface area (Å²) >= 11 is 0. The zero-order valence-electron chi connectivity index (χ0n) is 12.0. The minimum atomic E-state index is -4.17. The number of hydrogen-bond donors (Lipinski definition) is 2. The summed E-state index contributed by atoms with van der Waals surface area (Å²) in [7, 11) is -1.58. The molecule has 0 unspecified atom stereocenters. The Morgan fingerprint density at radius 1 is 1.41 bits per heavy atom. The summed E-state index contributed by atoms with van der Waals surface area (Å²) in [6.07, 6.45) is 0.0559. The molecule has 0 radical (unpaired) electrons. The minimum absolute atomic E-state index is 0.0372. The molecule has 2 atom stereocenters. The zero-order chi connectivity index (χ0) is 16.7. The van der Waals surface area contributed by atoms with Crippen LogP contribution in [0, 0.1) is 0 Å². The minimum Gasteiger partial charge on any atom is -0.480 e. The number of aryl methyl sites for hydroxylation is 1. The summed E-state index contributed by atoms with van der Waals surface area (Å²) in [5.74, 6) is -2.03. The van der Waals surface area contributed by atoms with E-state index in [0.717, 1.165) is 10.4 Å². The van der Waals surface area contributed by atoms with E-state index in [-0.39, 0.29) is 23.6 Å². The van der Waals surface area contributed by atoms with Gasteiger partial charge < -0.3 is 19.5 Å². The number of esters is 1. The van der Waals surface area contributed by atoms with E-state index in [2.05, 4.69) is 4.74 Å². The zero-order valence-corrected chi connectivity index (χ0v) is 12.8. The SMILES string of the molecule is COC(=O)c1cc(S(=O)(=O)N2C[C@@H](O)C[C@H]2C(=O)O)n(C)c1. The number of hydrogen-bond acceptors (Lipinski definition) is 6. The molecule has 10 heteroatoms. The molecule has 1 aliphatic heterocycles. The topological polar surface area (TPSA) is 126 Å². The number of carbonyl (C=O) groups is 2. The monoisotopic (exact) mass is 332 g/mol. The van der Waals surface area contributed by atoms with Crippen LogP contribution in [-0.4, -0.2) is 65.2 Å². The fraction of sp³-hybridized carbons (Fsp3) is 0.500. The number of aliphatic carboxylic acids is 1. The highest BCUT2D eigenvalue weighted by Crippen LogP contribution is 2.27. The van der Waals surface area contributed by atoms with Crippen LogP contribution in [0.1, 0.15) is 16.8 Å². The second-order valence-corrected chi connectivity index (χ2v) is 6.83. The van der Waals surface area contributed by atoms with E-state index in [0.29, 0.717) is 0 Å². The van der Waals surface area contributed by atoms with Crippen LogP contribution in [0.5, 0.6) is 0 Å². The van der Waals surface area contributed by atoms with Gasteiger partial charge in [0.15, 0.2) is 5.03 Å². The molecule has 0 spiro atoms. The maximum absolute atomic E-state index is 12.6. The van der Waals surface area contributed by atoms with Crippen LogP contribution in [0.25, 0.3) is 0 Å². The molecule has 0 amide bonds. The van der Waals surface area contributed by atoms with E-state index >= 15 is 0 Å². The predicted molar refractivity (Wildman–Crippen MR) is 72.7 cm³/mol. The van der Waals surface area contributed by atoms with E-state index in [1.54, 1.807) is 0 Å². The highest BCUT2D eigenvalue weighted by Gasteiger charge is 2.44. The number of aliphatic hydroxyl groups is 1. The van der Waals surface area contributed by atoms with Gasteiger partial charge in [-0.1, -0.05) is 0 Å². The Morgan fingerprint density at radius 2 is 2.05 bits per heavy atom. The smallest absolute Gasteiger partial charge is 0.339 e. The summed E-state index contributed by atoms with van der Waals surface area (Å²) in [5, 5.41) is 18.5. The predicted octanol–water partition coefficient (Wildman–Crippen LogP) is -0.980. The van der Waals surface area contributed by atoms with Crippen molar-refractivity contribution in [3.05, 3.63) is 17.8 Å². The lowest BCUT2D eigenvalue weighted by atomic mass is 10.2. The van der Waals surface area contributed by atoms with E-state index in [1.807, 2.05) is 0 Å². The number of β-amino-alcohol motifs (C(OH)–C–C–N with tert-alkyl or cyclic N) is 1. The highest BCUT2D eigenvalue weighted by atomic mass is 32.2. The van der Waals surface area contributed by atoms with Gasteiger partial charge in [-0.15, -0.1) is 0 Å².